The third kappa shape index (κ3) is 4.77. The Morgan fingerprint density at radius 1 is 1.13 bits per heavy atom. The van der Waals surface area contributed by atoms with E-state index in [2.05, 4.69) is 15.0 Å². The van der Waals surface area contributed by atoms with Gasteiger partial charge in [-0.3, -0.25) is 4.79 Å². The van der Waals surface area contributed by atoms with E-state index in [-0.39, 0.29) is 22.9 Å². The number of hydrogen-bond acceptors (Lipinski definition) is 5. The van der Waals surface area contributed by atoms with Gasteiger partial charge in [0.1, 0.15) is 17.4 Å². The van der Waals surface area contributed by atoms with Gasteiger partial charge < -0.3 is 21.5 Å². The number of nitrogen functional groups attached to an aromatic ring is 2. The smallest absolute Gasteiger partial charge is 0.422 e. The lowest BCUT2D eigenvalue weighted by molar-refractivity contribution is -0.153. The van der Waals surface area contributed by atoms with E-state index < -0.39 is 18.7 Å². The topological polar surface area (TPSA) is 103 Å². The van der Waals surface area contributed by atoms with Gasteiger partial charge in [0.05, 0.1) is 5.56 Å². The molecule has 2 aromatic rings. The molecule has 0 spiro atoms. The van der Waals surface area contributed by atoms with Gasteiger partial charge in [-0.05, 0) is 36.4 Å². The highest BCUT2D eigenvalue weighted by Gasteiger charge is 2.28. The maximum Gasteiger partial charge on any atom is 0.422 e. The van der Waals surface area contributed by atoms with Crippen molar-refractivity contribution in [3.8, 4) is 5.75 Å². The highest BCUT2D eigenvalue weighted by molar-refractivity contribution is 6.07. The predicted molar refractivity (Wildman–Crippen MR) is 79.0 cm³/mol. The van der Waals surface area contributed by atoms with Crippen LogP contribution >= 0.6 is 0 Å². The lowest BCUT2D eigenvalue weighted by Crippen LogP contribution is -2.19. The zero-order valence-electron chi connectivity index (χ0n) is 11.7. The first kappa shape index (κ1) is 16.4. The number of nitrogens with one attached hydrogen (secondary N) is 1. The first-order valence-electron chi connectivity index (χ1n) is 6.37. The fourth-order valence-electron chi connectivity index (χ4n) is 1.68. The zero-order chi connectivity index (χ0) is 17.0. The van der Waals surface area contributed by atoms with E-state index in [1.165, 1.54) is 36.4 Å². The van der Waals surface area contributed by atoms with Gasteiger partial charge in [0, 0.05) is 5.69 Å². The number of halogens is 3. The number of nitrogens with two attached hydrogens (primary N) is 2. The zero-order valence-corrected chi connectivity index (χ0v) is 11.7. The van der Waals surface area contributed by atoms with Crippen molar-refractivity contribution in [2.45, 2.75) is 6.18 Å². The summed E-state index contributed by atoms with van der Waals surface area (Å²) in [7, 11) is 0. The van der Waals surface area contributed by atoms with Crippen LogP contribution in [0.15, 0.2) is 36.4 Å². The summed E-state index contributed by atoms with van der Waals surface area (Å²) in [5, 5.41) is 2.54. The molecular formula is C14H13F3N4O2. The predicted octanol–water partition coefficient (Wildman–Crippen LogP) is 2.44. The maximum atomic E-state index is 12.0. The number of aromatic nitrogens is 1. The molecule has 0 unspecified atom stereocenters. The van der Waals surface area contributed by atoms with Crippen LogP contribution in [0.4, 0.5) is 30.5 Å². The van der Waals surface area contributed by atoms with Crippen LogP contribution in [0.25, 0.3) is 0 Å². The van der Waals surface area contributed by atoms with Gasteiger partial charge in [-0.25, -0.2) is 4.98 Å². The molecule has 0 saturated heterocycles. The van der Waals surface area contributed by atoms with E-state index >= 15 is 0 Å². The average molecular weight is 326 g/mol. The van der Waals surface area contributed by atoms with E-state index in [4.69, 9.17) is 11.5 Å². The number of pyridine rings is 1. The molecule has 0 aliphatic rings. The molecule has 1 aromatic heterocycles. The molecule has 9 heteroatoms. The molecule has 0 bridgehead atoms. The second-order valence-electron chi connectivity index (χ2n) is 4.55. The van der Waals surface area contributed by atoms with Crippen molar-refractivity contribution in [2.75, 3.05) is 23.4 Å². The quantitative estimate of drug-likeness (QED) is 0.800. The van der Waals surface area contributed by atoms with Crippen LogP contribution in [-0.4, -0.2) is 23.7 Å². The fraction of sp³-hybridized carbons (Fsp3) is 0.143. The summed E-state index contributed by atoms with van der Waals surface area (Å²) < 4.78 is 40.7. The van der Waals surface area contributed by atoms with Crippen LogP contribution in [0.2, 0.25) is 0 Å². The van der Waals surface area contributed by atoms with Gasteiger partial charge in [0.2, 0.25) is 0 Å². The Bertz CT molecular complexity index is 702. The number of alkyl halides is 3. The molecule has 2 rings (SSSR count). The molecule has 1 amide bonds. The van der Waals surface area contributed by atoms with Crippen molar-refractivity contribution in [3.63, 3.8) is 0 Å². The highest BCUT2D eigenvalue weighted by Crippen LogP contribution is 2.21. The summed E-state index contributed by atoms with van der Waals surface area (Å²) in [6.07, 6.45) is -4.41. The molecule has 122 valence electrons. The second-order valence-corrected chi connectivity index (χ2v) is 4.55. The summed E-state index contributed by atoms with van der Waals surface area (Å²) in [4.78, 5) is 15.8. The summed E-state index contributed by atoms with van der Waals surface area (Å²) in [6.45, 7) is -1.38. The van der Waals surface area contributed by atoms with Gasteiger partial charge in [-0.15, -0.1) is 0 Å². The van der Waals surface area contributed by atoms with Crippen molar-refractivity contribution < 1.29 is 22.7 Å². The summed E-state index contributed by atoms with van der Waals surface area (Å²) in [5.41, 5.74) is 11.5. The SMILES string of the molecule is Nc1ccc(C(=O)Nc2ccc(OCC(F)(F)F)cc2)c(N)n1. The maximum absolute atomic E-state index is 12.0. The molecule has 6 nitrogen and oxygen atoms in total. The Hall–Kier alpha value is -2.97. The first-order valence-corrected chi connectivity index (χ1v) is 6.37. The number of rotatable bonds is 4. The Morgan fingerprint density at radius 3 is 2.35 bits per heavy atom. The van der Waals surface area contributed by atoms with Crippen LogP contribution in [0.5, 0.6) is 5.75 Å². The van der Waals surface area contributed by atoms with Crippen molar-refractivity contribution in [1.82, 2.24) is 4.98 Å². The van der Waals surface area contributed by atoms with E-state index in [0.717, 1.165) is 0 Å². The molecule has 0 aliphatic carbocycles. The second kappa shape index (κ2) is 6.42. The lowest BCUT2D eigenvalue weighted by atomic mass is 10.2. The van der Waals surface area contributed by atoms with Crippen LogP contribution in [0, 0.1) is 0 Å². The molecule has 0 aliphatic heterocycles. The molecule has 1 heterocycles. The molecular weight excluding hydrogens is 313 g/mol. The number of nitrogens with zero attached hydrogens (tertiary/aromatic N) is 1. The number of benzene rings is 1. The van der Waals surface area contributed by atoms with Gasteiger partial charge in [0.25, 0.3) is 5.91 Å². The minimum atomic E-state index is -4.41. The number of carbonyl (C=O) groups excluding carboxylic acids is 1. The average Bonchev–Trinajstić information content (AvgIpc) is 2.45. The number of hydrogen-bond donors (Lipinski definition) is 3. The molecule has 1 aromatic carbocycles. The Balaban J connectivity index is 2.01. The van der Waals surface area contributed by atoms with E-state index in [9.17, 15) is 18.0 Å². The normalized spacial score (nSPS) is 11.1. The van der Waals surface area contributed by atoms with Gasteiger partial charge >= 0.3 is 6.18 Å². The summed E-state index contributed by atoms with van der Waals surface area (Å²) in [5.74, 6) is -0.314. The summed E-state index contributed by atoms with van der Waals surface area (Å²) in [6, 6.07) is 8.29. The number of anilines is 3. The van der Waals surface area contributed by atoms with Gasteiger partial charge in [-0.1, -0.05) is 0 Å². The van der Waals surface area contributed by atoms with E-state index in [1.807, 2.05) is 0 Å². The Labute approximate surface area is 129 Å². The first-order chi connectivity index (χ1) is 10.7. The highest BCUT2D eigenvalue weighted by atomic mass is 19.4. The van der Waals surface area contributed by atoms with Crippen molar-refractivity contribution in [1.29, 1.82) is 0 Å². The third-order valence-corrected chi connectivity index (χ3v) is 2.71. The van der Waals surface area contributed by atoms with Gasteiger partial charge in [0.15, 0.2) is 6.61 Å². The number of ether oxygens (including phenoxy) is 1. The van der Waals surface area contributed by atoms with E-state index in [0.29, 0.717) is 5.69 Å². The minimum Gasteiger partial charge on any atom is -0.484 e. The van der Waals surface area contributed by atoms with Crippen molar-refractivity contribution in [2.24, 2.45) is 0 Å². The van der Waals surface area contributed by atoms with Crippen LogP contribution in [0.3, 0.4) is 0 Å². The molecule has 0 saturated carbocycles. The fourth-order valence-corrected chi connectivity index (χ4v) is 1.68. The Kier molecular flexibility index (Phi) is 4.58. The van der Waals surface area contributed by atoms with Crippen LogP contribution in [0.1, 0.15) is 10.4 Å². The van der Waals surface area contributed by atoms with Crippen molar-refractivity contribution >= 4 is 23.2 Å². The number of amides is 1. The molecule has 0 fully saturated rings. The molecule has 0 radical (unpaired) electrons. The van der Waals surface area contributed by atoms with E-state index in [1.54, 1.807) is 0 Å². The largest absolute Gasteiger partial charge is 0.484 e. The van der Waals surface area contributed by atoms with Crippen LogP contribution < -0.4 is 21.5 Å². The monoisotopic (exact) mass is 326 g/mol. The third-order valence-electron chi connectivity index (χ3n) is 2.71. The molecule has 5 N–H and O–H groups in total. The van der Waals surface area contributed by atoms with Crippen molar-refractivity contribution in [3.05, 3.63) is 42.0 Å². The van der Waals surface area contributed by atoms with Gasteiger partial charge in [-0.2, -0.15) is 13.2 Å². The standard InChI is InChI=1S/C14H13F3N4O2/c15-14(16,17)7-23-9-3-1-8(2-4-9)20-13(22)10-5-6-11(18)21-12(10)19/h1-6H,7H2,(H,20,22)(H4,18,19,21). The molecule has 23 heavy (non-hydrogen) atoms. The molecule has 0 atom stereocenters. The number of carbonyl (C=O) groups is 1. The van der Waals surface area contributed by atoms with Crippen LogP contribution in [-0.2, 0) is 0 Å². The summed E-state index contributed by atoms with van der Waals surface area (Å²) >= 11 is 0. The Morgan fingerprint density at radius 2 is 1.78 bits per heavy atom. The lowest BCUT2D eigenvalue weighted by Gasteiger charge is -2.10. The minimum absolute atomic E-state index is 0.0207.